The van der Waals surface area contributed by atoms with Gasteiger partial charge in [-0.15, -0.1) is 0 Å². The van der Waals surface area contributed by atoms with Crippen LogP contribution in [0.2, 0.25) is 0 Å². The number of rotatable bonds is 5. The maximum Gasteiger partial charge on any atom is 0.0430 e. The number of hydrogen-bond donors (Lipinski definition) is 2. The third-order valence-electron chi connectivity index (χ3n) is 4.68. The Bertz CT molecular complexity index is 442. The quantitative estimate of drug-likeness (QED) is 0.630. The fourth-order valence-corrected chi connectivity index (χ4v) is 3.60. The van der Waals surface area contributed by atoms with Crippen LogP contribution in [0.1, 0.15) is 45.1 Å². The summed E-state index contributed by atoms with van der Waals surface area (Å²) < 4.78 is 1.02. The van der Waals surface area contributed by atoms with E-state index in [9.17, 15) is 0 Å². The molecular weight excluding hydrogens is 328 g/mol. The number of pyridine rings is 1. The first-order valence-electron chi connectivity index (χ1n) is 7.84. The summed E-state index contributed by atoms with van der Waals surface area (Å²) >= 11 is 3.49. The fourth-order valence-electron chi connectivity index (χ4n) is 3.18. The topological polar surface area (TPSA) is 54.2 Å². The van der Waals surface area contributed by atoms with E-state index in [-0.39, 0.29) is 11.6 Å². The lowest BCUT2D eigenvalue weighted by Gasteiger charge is -2.43. The molecule has 1 aliphatic rings. The molecule has 2 heterocycles. The van der Waals surface area contributed by atoms with Gasteiger partial charge in [-0.2, -0.15) is 0 Å². The molecule has 0 saturated carbocycles. The lowest BCUT2D eigenvalue weighted by atomic mass is 9.88. The van der Waals surface area contributed by atoms with Gasteiger partial charge in [0.05, 0.1) is 0 Å². The number of nitrogens with one attached hydrogen (secondary N) is 1. The minimum absolute atomic E-state index is 0.0292. The molecule has 1 saturated heterocycles. The summed E-state index contributed by atoms with van der Waals surface area (Å²) in [5, 5.41) is 0. The molecule has 0 spiro atoms. The number of halogens is 1. The van der Waals surface area contributed by atoms with Gasteiger partial charge in [0.15, 0.2) is 0 Å². The summed E-state index contributed by atoms with van der Waals surface area (Å²) in [6.07, 6.45) is 9.90. The Labute approximate surface area is 136 Å². The van der Waals surface area contributed by atoms with Gasteiger partial charge in [0.2, 0.25) is 0 Å². The monoisotopic (exact) mass is 354 g/mol. The van der Waals surface area contributed by atoms with Gasteiger partial charge in [-0.1, -0.05) is 12.8 Å². The fraction of sp³-hybridized carbons (Fsp3) is 0.688. The Hall–Kier alpha value is -0.490. The van der Waals surface area contributed by atoms with E-state index in [1.807, 2.05) is 12.4 Å². The van der Waals surface area contributed by atoms with E-state index in [0.717, 1.165) is 10.9 Å². The molecule has 0 aromatic carbocycles. The van der Waals surface area contributed by atoms with Gasteiger partial charge in [0.1, 0.15) is 0 Å². The highest BCUT2D eigenvalue weighted by Crippen LogP contribution is 2.25. The van der Waals surface area contributed by atoms with E-state index in [2.05, 4.69) is 51.2 Å². The zero-order valence-electron chi connectivity index (χ0n) is 13.1. The first-order valence-corrected chi connectivity index (χ1v) is 8.64. The molecule has 1 aromatic rings. The lowest BCUT2D eigenvalue weighted by Crippen LogP contribution is -2.60. The molecule has 1 aliphatic heterocycles. The zero-order chi connectivity index (χ0) is 15.3. The van der Waals surface area contributed by atoms with Crippen LogP contribution in [0.3, 0.4) is 0 Å². The van der Waals surface area contributed by atoms with Crippen LogP contribution in [-0.2, 0) is 6.42 Å². The van der Waals surface area contributed by atoms with Crippen molar-refractivity contribution >= 4 is 15.9 Å². The number of nitrogens with two attached hydrogens (primary N) is 1. The first-order chi connectivity index (χ1) is 10.0. The van der Waals surface area contributed by atoms with Crippen LogP contribution in [0.5, 0.6) is 0 Å². The maximum absolute atomic E-state index is 5.88. The molecule has 118 valence electrons. The highest BCUT2D eigenvalue weighted by molar-refractivity contribution is 9.10. The predicted molar refractivity (Wildman–Crippen MR) is 90.9 cm³/mol. The molecule has 21 heavy (non-hydrogen) atoms. The number of hydrogen-bond acceptors (Lipinski definition) is 4. The molecule has 0 aliphatic carbocycles. The van der Waals surface area contributed by atoms with Gasteiger partial charge < -0.3 is 0 Å². The Morgan fingerprint density at radius 1 is 1.29 bits per heavy atom. The van der Waals surface area contributed by atoms with Crippen molar-refractivity contribution in [1.82, 2.24) is 15.3 Å². The van der Waals surface area contributed by atoms with Crippen molar-refractivity contribution in [1.29, 1.82) is 0 Å². The Morgan fingerprint density at radius 2 is 1.95 bits per heavy atom. The summed E-state index contributed by atoms with van der Waals surface area (Å²) in [6, 6.07) is 2.32. The van der Waals surface area contributed by atoms with Crippen LogP contribution in [0.4, 0.5) is 0 Å². The van der Waals surface area contributed by atoms with Gasteiger partial charge >= 0.3 is 0 Å². The average molecular weight is 355 g/mol. The highest BCUT2D eigenvalue weighted by atomic mass is 79.9. The van der Waals surface area contributed by atoms with E-state index >= 15 is 0 Å². The number of aromatic nitrogens is 1. The van der Waals surface area contributed by atoms with Crippen molar-refractivity contribution in [2.75, 3.05) is 13.1 Å². The molecule has 4 nitrogen and oxygen atoms in total. The van der Waals surface area contributed by atoms with Gasteiger partial charge in [-0.05, 0) is 73.8 Å². The number of nitrogens with zero attached hydrogens (tertiary/aromatic N) is 2. The largest absolute Gasteiger partial charge is 0.297 e. The molecule has 2 rings (SSSR count). The lowest BCUT2D eigenvalue weighted by molar-refractivity contribution is 0.0835. The third-order valence-corrected chi connectivity index (χ3v) is 5.11. The van der Waals surface area contributed by atoms with Gasteiger partial charge in [0, 0.05) is 28.4 Å². The van der Waals surface area contributed by atoms with Crippen LogP contribution in [0, 0.1) is 0 Å². The highest BCUT2D eigenvalue weighted by Gasteiger charge is 2.35. The van der Waals surface area contributed by atoms with Crippen LogP contribution in [0.15, 0.2) is 22.9 Å². The third kappa shape index (κ3) is 4.49. The molecule has 1 fully saturated rings. The molecule has 0 radical (unpaired) electrons. The Morgan fingerprint density at radius 3 is 2.52 bits per heavy atom. The molecule has 1 unspecified atom stereocenters. The Kier molecular flexibility index (Phi) is 6.17. The minimum atomic E-state index is 0.0292. The van der Waals surface area contributed by atoms with E-state index in [0.29, 0.717) is 0 Å². The standard InChI is InChI=1S/C16H27BrN4/c1-16(2,21-7-5-3-4-6-8-21)15(20-18)10-13-9-14(17)12-19-11-13/h9,11-12,15,20H,3-8,10,18H2,1-2H3. The number of hydrazine groups is 1. The van der Waals surface area contributed by atoms with Crippen LogP contribution < -0.4 is 11.3 Å². The van der Waals surface area contributed by atoms with Crippen LogP contribution >= 0.6 is 15.9 Å². The molecule has 0 bridgehead atoms. The molecule has 0 amide bonds. The second-order valence-electron chi connectivity index (χ2n) is 6.49. The predicted octanol–water partition coefficient (Wildman–Crippen LogP) is 2.87. The first kappa shape index (κ1) is 16.9. The van der Waals surface area contributed by atoms with Crippen molar-refractivity contribution in [3.63, 3.8) is 0 Å². The second kappa shape index (κ2) is 7.68. The molecule has 1 atom stereocenters. The van der Waals surface area contributed by atoms with E-state index in [1.54, 1.807) is 0 Å². The molecule has 3 N–H and O–H groups in total. The minimum Gasteiger partial charge on any atom is -0.297 e. The summed E-state index contributed by atoms with van der Waals surface area (Å²) in [7, 11) is 0. The van der Waals surface area contributed by atoms with E-state index in [1.165, 1.54) is 44.3 Å². The summed E-state index contributed by atoms with van der Waals surface area (Å²) in [5.74, 6) is 5.88. The SMILES string of the molecule is CC(C)(C(Cc1cncc(Br)c1)NN)N1CCCCCC1. The number of likely N-dealkylation sites (tertiary alicyclic amines) is 1. The average Bonchev–Trinajstić information content (AvgIpc) is 2.74. The van der Waals surface area contributed by atoms with Crippen LogP contribution in [-0.4, -0.2) is 34.6 Å². The van der Waals surface area contributed by atoms with Crippen molar-refractivity contribution in [3.05, 3.63) is 28.5 Å². The Balaban J connectivity index is 2.10. The molecule has 5 heteroatoms. The molecular formula is C16H27BrN4. The second-order valence-corrected chi connectivity index (χ2v) is 7.41. The normalized spacial score (nSPS) is 19.2. The van der Waals surface area contributed by atoms with Crippen molar-refractivity contribution in [2.24, 2.45) is 5.84 Å². The van der Waals surface area contributed by atoms with Crippen molar-refractivity contribution < 1.29 is 0 Å². The smallest absolute Gasteiger partial charge is 0.0430 e. The van der Waals surface area contributed by atoms with E-state index < -0.39 is 0 Å². The zero-order valence-corrected chi connectivity index (χ0v) is 14.7. The maximum atomic E-state index is 5.88. The van der Waals surface area contributed by atoms with Crippen molar-refractivity contribution in [2.45, 2.75) is 57.5 Å². The summed E-state index contributed by atoms with van der Waals surface area (Å²) in [4.78, 5) is 6.85. The van der Waals surface area contributed by atoms with Crippen molar-refractivity contribution in [3.8, 4) is 0 Å². The summed E-state index contributed by atoms with van der Waals surface area (Å²) in [6.45, 7) is 6.94. The molecule has 1 aromatic heterocycles. The van der Waals surface area contributed by atoms with Crippen LogP contribution in [0.25, 0.3) is 0 Å². The van der Waals surface area contributed by atoms with Gasteiger partial charge in [-0.3, -0.25) is 21.2 Å². The van der Waals surface area contributed by atoms with Gasteiger partial charge in [-0.25, -0.2) is 0 Å². The summed E-state index contributed by atoms with van der Waals surface area (Å²) in [5.41, 5.74) is 4.28. The van der Waals surface area contributed by atoms with Gasteiger partial charge in [0.25, 0.3) is 0 Å². The van der Waals surface area contributed by atoms with E-state index in [4.69, 9.17) is 5.84 Å².